The fourth-order valence-electron chi connectivity index (χ4n) is 2.85. The molecule has 0 spiro atoms. The number of hydrogen-bond acceptors (Lipinski definition) is 2. The molecule has 20 heavy (non-hydrogen) atoms. The minimum absolute atomic E-state index is 0.161. The summed E-state index contributed by atoms with van der Waals surface area (Å²) in [5.74, 6) is -1.98. The Morgan fingerprint density at radius 3 is 2.45 bits per heavy atom. The first-order chi connectivity index (χ1) is 9.50. The molecule has 2 rings (SSSR count). The van der Waals surface area contributed by atoms with Crippen molar-refractivity contribution >= 4 is 17.6 Å². The van der Waals surface area contributed by atoms with Gasteiger partial charge in [0, 0.05) is 5.69 Å². The monoisotopic (exact) mass is 275 g/mol. The predicted octanol–water partition coefficient (Wildman–Crippen LogP) is 3.13. The first-order valence-electron chi connectivity index (χ1n) is 7.10. The summed E-state index contributed by atoms with van der Waals surface area (Å²) in [5.41, 5.74) is 2.93. The van der Waals surface area contributed by atoms with E-state index in [4.69, 9.17) is 0 Å². The molecule has 0 unspecified atom stereocenters. The molecule has 0 radical (unpaired) electrons. The smallest absolute Gasteiger partial charge is 0.307 e. The standard InChI is InChI=1S/C16H21NO3/c1-10-6-5-9-14(11(10)2)17-15(18)12-7-3-4-8-13(12)16(19)20/h5-6,9,12-13H,3-4,7-8H2,1-2H3,(H,17,18)(H,19,20)/t12-,13-/m0/s1. The van der Waals surface area contributed by atoms with Crippen LogP contribution in [0, 0.1) is 25.7 Å². The molecule has 108 valence electrons. The molecule has 1 amide bonds. The SMILES string of the molecule is Cc1cccc(NC(=O)[C@H]2CCCC[C@@H]2C(=O)O)c1C. The number of rotatable bonds is 3. The summed E-state index contributed by atoms with van der Waals surface area (Å²) in [5, 5.41) is 12.1. The van der Waals surface area contributed by atoms with Crippen LogP contribution in [0.3, 0.4) is 0 Å². The molecule has 2 atom stereocenters. The van der Waals surface area contributed by atoms with Gasteiger partial charge in [-0.2, -0.15) is 0 Å². The lowest BCUT2D eigenvalue weighted by Crippen LogP contribution is -2.36. The zero-order chi connectivity index (χ0) is 14.7. The van der Waals surface area contributed by atoms with Crippen molar-refractivity contribution in [2.45, 2.75) is 39.5 Å². The van der Waals surface area contributed by atoms with Crippen molar-refractivity contribution in [3.63, 3.8) is 0 Å². The van der Waals surface area contributed by atoms with Crippen molar-refractivity contribution in [1.29, 1.82) is 0 Å². The molecular formula is C16H21NO3. The van der Waals surface area contributed by atoms with Crippen molar-refractivity contribution in [1.82, 2.24) is 0 Å². The van der Waals surface area contributed by atoms with Gasteiger partial charge in [0.1, 0.15) is 0 Å². The normalized spacial score (nSPS) is 22.3. The van der Waals surface area contributed by atoms with Gasteiger partial charge in [0.25, 0.3) is 0 Å². The van der Waals surface area contributed by atoms with Crippen LogP contribution in [0.2, 0.25) is 0 Å². The lowest BCUT2D eigenvalue weighted by atomic mass is 9.78. The molecule has 1 aliphatic rings. The molecule has 1 saturated carbocycles. The van der Waals surface area contributed by atoms with E-state index in [0.29, 0.717) is 12.8 Å². The number of hydrogen-bond donors (Lipinski definition) is 2. The van der Waals surface area contributed by atoms with Crippen LogP contribution in [-0.2, 0) is 9.59 Å². The van der Waals surface area contributed by atoms with Crippen molar-refractivity contribution in [2.24, 2.45) is 11.8 Å². The number of carboxylic acid groups (broad SMARTS) is 1. The van der Waals surface area contributed by atoms with Gasteiger partial charge in [-0.3, -0.25) is 9.59 Å². The van der Waals surface area contributed by atoms with Gasteiger partial charge in [-0.1, -0.05) is 25.0 Å². The van der Waals surface area contributed by atoms with Gasteiger partial charge >= 0.3 is 5.97 Å². The summed E-state index contributed by atoms with van der Waals surface area (Å²) >= 11 is 0. The minimum atomic E-state index is -0.856. The molecule has 1 aromatic carbocycles. The van der Waals surface area contributed by atoms with Gasteiger partial charge in [0.2, 0.25) is 5.91 Å². The van der Waals surface area contributed by atoms with Crippen LogP contribution in [-0.4, -0.2) is 17.0 Å². The predicted molar refractivity (Wildman–Crippen MR) is 77.6 cm³/mol. The molecule has 2 N–H and O–H groups in total. The third-order valence-electron chi connectivity index (χ3n) is 4.28. The van der Waals surface area contributed by atoms with Gasteiger partial charge in [0.05, 0.1) is 11.8 Å². The molecule has 0 saturated heterocycles. The Kier molecular flexibility index (Phi) is 4.42. The third kappa shape index (κ3) is 3.00. The summed E-state index contributed by atoms with van der Waals surface area (Å²) in [6.07, 6.45) is 3.08. The fourth-order valence-corrected chi connectivity index (χ4v) is 2.85. The number of benzene rings is 1. The van der Waals surface area contributed by atoms with Gasteiger partial charge in [-0.05, 0) is 43.9 Å². The molecular weight excluding hydrogens is 254 g/mol. The molecule has 0 aliphatic heterocycles. The number of aryl methyl sites for hydroxylation is 1. The van der Waals surface area contributed by atoms with E-state index in [1.54, 1.807) is 0 Å². The Morgan fingerprint density at radius 2 is 1.80 bits per heavy atom. The van der Waals surface area contributed by atoms with Crippen LogP contribution in [0.1, 0.15) is 36.8 Å². The molecule has 4 heteroatoms. The van der Waals surface area contributed by atoms with E-state index >= 15 is 0 Å². The highest BCUT2D eigenvalue weighted by Crippen LogP contribution is 2.31. The van der Waals surface area contributed by atoms with Crippen LogP contribution in [0.4, 0.5) is 5.69 Å². The lowest BCUT2D eigenvalue weighted by molar-refractivity contribution is -0.147. The van der Waals surface area contributed by atoms with Crippen LogP contribution >= 0.6 is 0 Å². The van der Waals surface area contributed by atoms with Crippen LogP contribution < -0.4 is 5.32 Å². The Labute approximate surface area is 119 Å². The first kappa shape index (κ1) is 14.6. The highest BCUT2D eigenvalue weighted by Gasteiger charge is 2.35. The summed E-state index contributed by atoms with van der Waals surface area (Å²) in [4.78, 5) is 23.6. The van der Waals surface area contributed by atoms with Crippen molar-refractivity contribution < 1.29 is 14.7 Å². The van der Waals surface area contributed by atoms with Crippen LogP contribution in [0.5, 0.6) is 0 Å². The number of nitrogens with one attached hydrogen (secondary N) is 1. The summed E-state index contributed by atoms with van der Waals surface area (Å²) in [6.45, 7) is 3.95. The van der Waals surface area contributed by atoms with Gasteiger partial charge < -0.3 is 10.4 Å². The van der Waals surface area contributed by atoms with Crippen molar-refractivity contribution in [2.75, 3.05) is 5.32 Å². The van der Waals surface area contributed by atoms with E-state index in [0.717, 1.165) is 29.7 Å². The van der Waals surface area contributed by atoms with E-state index in [1.165, 1.54) is 0 Å². The van der Waals surface area contributed by atoms with Crippen molar-refractivity contribution in [3.8, 4) is 0 Å². The molecule has 1 aromatic rings. The number of carbonyl (C=O) groups excluding carboxylic acids is 1. The maximum atomic E-state index is 12.4. The molecule has 0 aromatic heterocycles. The Hall–Kier alpha value is -1.84. The molecule has 0 bridgehead atoms. The third-order valence-corrected chi connectivity index (χ3v) is 4.28. The Morgan fingerprint density at radius 1 is 1.15 bits per heavy atom. The van der Waals surface area contributed by atoms with E-state index < -0.39 is 17.8 Å². The molecule has 4 nitrogen and oxygen atoms in total. The quantitative estimate of drug-likeness (QED) is 0.890. The van der Waals surface area contributed by atoms with Gasteiger partial charge in [-0.25, -0.2) is 0 Å². The van der Waals surface area contributed by atoms with Crippen LogP contribution in [0.25, 0.3) is 0 Å². The molecule has 1 aliphatic carbocycles. The van der Waals surface area contributed by atoms with E-state index in [9.17, 15) is 14.7 Å². The average molecular weight is 275 g/mol. The molecule has 0 heterocycles. The second kappa shape index (κ2) is 6.07. The Balaban J connectivity index is 2.14. The number of carbonyl (C=O) groups is 2. The highest BCUT2D eigenvalue weighted by molar-refractivity contribution is 5.95. The summed E-state index contributed by atoms with van der Waals surface area (Å²) in [6, 6.07) is 5.75. The largest absolute Gasteiger partial charge is 0.481 e. The first-order valence-corrected chi connectivity index (χ1v) is 7.10. The lowest BCUT2D eigenvalue weighted by Gasteiger charge is -2.27. The number of aliphatic carboxylic acids is 1. The highest BCUT2D eigenvalue weighted by atomic mass is 16.4. The maximum Gasteiger partial charge on any atom is 0.307 e. The summed E-state index contributed by atoms with van der Waals surface area (Å²) < 4.78 is 0. The van der Waals surface area contributed by atoms with Crippen LogP contribution in [0.15, 0.2) is 18.2 Å². The summed E-state index contributed by atoms with van der Waals surface area (Å²) in [7, 11) is 0. The van der Waals surface area contributed by atoms with Gasteiger partial charge in [0.15, 0.2) is 0 Å². The van der Waals surface area contributed by atoms with E-state index in [2.05, 4.69) is 5.32 Å². The molecule has 1 fully saturated rings. The second-order valence-corrected chi connectivity index (χ2v) is 5.57. The number of anilines is 1. The second-order valence-electron chi connectivity index (χ2n) is 5.57. The number of carboxylic acids is 1. The van der Waals surface area contributed by atoms with Gasteiger partial charge in [-0.15, -0.1) is 0 Å². The Bertz CT molecular complexity index is 524. The maximum absolute atomic E-state index is 12.4. The average Bonchev–Trinajstić information content (AvgIpc) is 2.43. The topological polar surface area (TPSA) is 66.4 Å². The zero-order valence-corrected chi connectivity index (χ0v) is 12.0. The van der Waals surface area contributed by atoms with E-state index in [-0.39, 0.29) is 5.91 Å². The zero-order valence-electron chi connectivity index (χ0n) is 12.0. The van der Waals surface area contributed by atoms with E-state index in [1.807, 2.05) is 32.0 Å². The minimum Gasteiger partial charge on any atom is -0.481 e. The fraction of sp³-hybridized carbons (Fsp3) is 0.500. The van der Waals surface area contributed by atoms with Crippen molar-refractivity contribution in [3.05, 3.63) is 29.3 Å². The number of amides is 1.